The molecule has 0 aliphatic carbocycles. The number of hydrogen-bond acceptors (Lipinski definition) is 4. The first-order valence-electron chi connectivity index (χ1n) is 8.47. The van der Waals surface area contributed by atoms with E-state index >= 15 is 0 Å². The van der Waals surface area contributed by atoms with Crippen LogP contribution in [0.5, 0.6) is 5.75 Å². The summed E-state index contributed by atoms with van der Waals surface area (Å²) < 4.78 is 32.4. The van der Waals surface area contributed by atoms with Crippen LogP contribution in [0, 0.1) is 5.92 Å². The smallest absolute Gasteiger partial charge is 0.246 e. The first-order chi connectivity index (χ1) is 11.8. The van der Waals surface area contributed by atoms with Gasteiger partial charge in [-0.2, -0.15) is 4.31 Å². The van der Waals surface area contributed by atoms with Crippen LogP contribution in [0.3, 0.4) is 0 Å². The number of piperidine rings is 1. The van der Waals surface area contributed by atoms with Crippen LogP contribution in [-0.4, -0.2) is 56.8 Å². The number of ether oxygens (including phenoxy) is 1. The lowest BCUT2D eigenvalue weighted by Crippen LogP contribution is -2.44. The quantitative estimate of drug-likeness (QED) is 0.751. The van der Waals surface area contributed by atoms with Crippen LogP contribution in [0.1, 0.15) is 26.7 Å². The van der Waals surface area contributed by atoms with E-state index in [-0.39, 0.29) is 22.5 Å². The number of amides is 1. The van der Waals surface area contributed by atoms with E-state index in [1.54, 1.807) is 17.0 Å². The van der Waals surface area contributed by atoms with Gasteiger partial charge in [-0.15, -0.1) is 0 Å². The fourth-order valence-corrected chi connectivity index (χ4v) is 5.02. The average Bonchev–Trinajstić information content (AvgIpc) is 2.62. The number of halogens is 1. The van der Waals surface area contributed by atoms with Crippen molar-refractivity contribution in [2.45, 2.75) is 31.6 Å². The SMILES string of the molecule is CCN(CC)C(=O)C1CCN(S(=O)(=O)c2cc(Cl)ccc2OC)CC1. The van der Waals surface area contributed by atoms with Crippen LogP contribution in [0.15, 0.2) is 23.1 Å². The molecule has 0 bridgehead atoms. The van der Waals surface area contributed by atoms with Crippen molar-refractivity contribution in [1.82, 2.24) is 9.21 Å². The minimum Gasteiger partial charge on any atom is -0.495 e. The van der Waals surface area contributed by atoms with Crippen molar-refractivity contribution in [1.29, 1.82) is 0 Å². The summed E-state index contributed by atoms with van der Waals surface area (Å²) in [6, 6.07) is 4.54. The normalized spacial score (nSPS) is 16.6. The van der Waals surface area contributed by atoms with E-state index in [0.29, 0.717) is 44.0 Å². The van der Waals surface area contributed by atoms with Crippen LogP contribution < -0.4 is 4.74 Å². The zero-order chi connectivity index (χ0) is 18.6. The van der Waals surface area contributed by atoms with Crippen LogP contribution in [0.2, 0.25) is 5.02 Å². The molecule has 1 fully saturated rings. The maximum atomic E-state index is 12.9. The standard InChI is InChI=1S/C17H25ClN2O4S/c1-4-19(5-2)17(21)13-8-10-20(11-9-13)25(22,23)16-12-14(18)6-7-15(16)24-3/h6-7,12-13H,4-5,8-11H2,1-3H3. The molecule has 0 unspecified atom stereocenters. The Kier molecular flexibility index (Phi) is 6.71. The summed E-state index contributed by atoms with van der Waals surface area (Å²) in [5.74, 6) is 0.265. The second-order valence-corrected chi connectivity index (χ2v) is 8.33. The average molecular weight is 389 g/mol. The molecular weight excluding hydrogens is 364 g/mol. The van der Waals surface area contributed by atoms with Gasteiger partial charge in [-0.1, -0.05) is 11.6 Å². The Labute approximate surface area is 154 Å². The number of carbonyl (C=O) groups is 1. The number of sulfonamides is 1. The minimum atomic E-state index is -3.71. The summed E-state index contributed by atoms with van der Waals surface area (Å²) in [5, 5.41) is 0.339. The molecular formula is C17H25ClN2O4S. The van der Waals surface area contributed by atoms with E-state index in [4.69, 9.17) is 16.3 Å². The number of benzene rings is 1. The van der Waals surface area contributed by atoms with Crippen molar-refractivity contribution < 1.29 is 17.9 Å². The molecule has 1 amide bonds. The van der Waals surface area contributed by atoms with Gasteiger partial charge in [0.05, 0.1) is 7.11 Å². The molecule has 8 heteroatoms. The largest absolute Gasteiger partial charge is 0.495 e. The molecule has 140 valence electrons. The highest BCUT2D eigenvalue weighted by Gasteiger charge is 2.34. The Balaban J connectivity index is 2.14. The van der Waals surface area contributed by atoms with E-state index < -0.39 is 10.0 Å². The molecule has 1 saturated heterocycles. The maximum Gasteiger partial charge on any atom is 0.246 e. The van der Waals surface area contributed by atoms with Gasteiger partial charge in [0, 0.05) is 37.1 Å². The van der Waals surface area contributed by atoms with Gasteiger partial charge in [0.15, 0.2) is 0 Å². The number of nitrogens with zero attached hydrogens (tertiary/aromatic N) is 2. The van der Waals surface area contributed by atoms with Gasteiger partial charge in [-0.05, 0) is 44.9 Å². The fraction of sp³-hybridized carbons (Fsp3) is 0.588. The number of rotatable bonds is 6. The molecule has 1 aliphatic heterocycles. The Bertz CT molecular complexity index is 711. The van der Waals surface area contributed by atoms with E-state index in [1.165, 1.54) is 17.5 Å². The maximum absolute atomic E-state index is 12.9. The third-order valence-electron chi connectivity index (χ3n) is 4.62. The number of carbonyl (C=O) groups excluding carboxylic acids is 1. The molecule has 1 heterocycles. The Morgan fingerprint density at radius 2 is 1.88 bits per heavy atom. The molecule has 0 atom stereocenters. The summed E-state index contributed by atoms with van der Waals surface area (Å²) in [6.45, 7) is 5.88. The van der Waals surface area contributed by atoms with Gasteiger partial charge in [0.1, 0.15) is 10.6 Å². The van der Waals surface area contributed by atoms with Crippen molar-refractivity contribution in [3.05, 3.63) is 23.2 Å². The third-order valence-corrected chi connectivity index (χ3v) is 6.78. The lowest BCUT2D eigenvalue weighted by Gasteiger charge is -2.33. The van der Waals surface area contributed by atoms with Crippen molar-refractivity contribution in [2.75, 3.05) is 33.3 Å². The Hall–Kier alpha value is -1.31. The second-order valence-electron chi connectivity index (χ2n) is 5.98. The van der Waals surface area contributed by atoms with Crippen LogP contribution in [0.4, 0.5) is 0 Å². The van der Waals surface area contributed by atoms with Gasteiger partial charge < -0.3 is 9.64 Å². The fourth-order valence-electron chi connectivity index (χ4n) is 3.13. The number of hydrogen-bond donors (Lipinski definition) is 0. The van der Waals surface area contributed by atoms with Gasteiger partial charge in [-0.3, -0.25) is 4.79 Å². The summed E-state index contributed by atoms with van der Waals surface area (Å²) in [7, 11) is -2.28. The molecule has 6 nitrogen and oxygen atoms in total. The lowest BCUT2D eigenvalue weighted by molar-refractivity contribution is -0.136. The van der Waals surface area contributed by atoms with E-state index in [9.17, 15) is 13.2 Å². The highest BCUT2D eigenvalue weighted by molar-refractivity contribution is 7.89. The van der Waals surface area contributed by atoms with E-state index in [1.807, 2.05) is 13.8 Å². The third kappa shape index (κ3) is 4.27. The highest BCUT2D eigenvalue weighted by atomic mass is 35.5. The first kappa shape index (κ1) is 20.0. The molecule has 1 aromatic carbocycles. The zero-order valence-electron chi connectivity index (χ0n) is 14.9. The van der Waals surface area contributed by atoms with Crippen molar-refractivity contribution in [3.63, 3.8) is 0 Å². The molecule has 0 spiro atoms. The monoisotopic (exact) mass is 388 g/mol. The summed E-state index contributed by atoms with van der Waals surface area (Å²) in [6.07, 6.45) is 1.05. The first-order valence-corrected chi connectivity index (χ1v) is 10.3. The summed E-state index contributed by atoms with van der Waals surface area (Å²) in [5.41, 5.74) is 0. The van der Waals surface area contributed by atoms with Crippen LogP contribution >= 0.6 is 11.6 Å². The van der Waals surface area contributed by atoms with E-state index in [0.717, 1.165) is 0 Å². The molecule has 0 radical (unpaired) electrons. The minimum absolute atomic E-state index is 0.0658. The van der Waals surface area contributed by atoms with Crippen LogP contribution in [-0.2, 0) is 14.8 Å². The molecule has 2 rings (SSSR count). The highest BCUT2D eigenvalue weighted by Crippen LogP contribution is 2.32. The summed E-state index contributed by atoms with van der Waals surface area (Å²) in [4.78, 5) is 14.3. The van der Waals surface area contributed by atoms with Crippen molar-refractivity contribution in [2.24, 2.45) is 5.92 Å². The topological polar surface area (TPSA) is 66.9 Å². The summed E-state index contributed by atoms with van der Waals surface area (Å²) >= 11 is 5.96. The van der Waals surface area contributed by atoms with E-state index in [2.05, 4.69) is 0 Å². The molecule has 0 aromatic heterocycles. The predicted octanol–water partition coefficient (Wildman–Crippen LogP) is 2.62. The molecule has 0 saturated carbocycles. The van der Waals surface area contributed by atoms with Gasteiger partial charge in [0.2, 0.25) is 15.9 Å². The van der Waals surface area contributed by atoms with Gasteiger partial charge >= 0.3 is 0 Å². The zero-order valence-corrected chi connectivity index (χ0v) is 16.4. The molecule has 1 aromatic rings. The predicted molar refractivity (Wildman–Crippen MR) is 97.4 cm³/mol. The number of methoxy groups -OCH3 is 1. The van der Waals surface area contributed by atoms with Crippen molar-refractivity contribution >= 4 is 27.5 Å². The molecule has 1 aliphatic rings. The second kappa shape index (κ2) is 8.38. The molecule has 25 heavy (non-hydrogen) atoms. The lowest BCUT2D eigenvalue weighted by atomic mass is 9.96. The Morgan fingerprint density at radius 1 is 1.28 bits per heavy atom. The van der Waals surface area contributed by atoms with Gasteiger partial charge in [0.25, 0.3) is 0 Å². The van der Waals surface area contributed by atoms with Gasteiger partial charge in [-0.25, -0.2) is 8.42 Å². The van der Waals surface area contributed by atoms with Crippen LogP contribution in [0.25, 0.3) is 0 Å². The Morgan fingerprint density at radius 3 is 2.40 bits per heavy atom. The van der Waals surface area contributed by atoms with Crippen molar-refractivity contribution in [3.8, 4) is 5.75 Å². The molecule has 0 N–H and O–H groups in total.